The molecule has 28 heavy (non-hydrogen) atoms. The molecule has 0 bridgehead atoms. The Kier molecular flexibility index (Phi) is 8.19. The molecule has 1 N–H and O–H groups in total. The summed E-state index contributed by atoms with van der Waals surface area (Å²) in [6, 6.07) is 17.2. The lowest BCUT2D eigenvalue weighted by molar-refractivity contribution is 0.162. The molecule has 0 aliphatic carbocycles. The van der Waals surface area contributed by atoms with Crippen molar-refractivity contribution in [1.82, 2.24) is 10.2 Å². The predicted molar refractivity (Wildman–Crippen MR) is 115 cm³/mol. The van der Waals surface area contributed by atoms with Crippen molar-refractivity contribution in [3.63, 3.8) is 0 Å². The second kappa shape index (κ2) is 11.1. The van der Waals surface area contributed by atoms with Gasteiger partial charge in [-0.05, 0) is 36.6 Å². The lowest BCUT2D eigenvalue weighted by Gasteiger charge is -2.35. The molecule has 0 aromatic heterocycles. The van der Waals surface area contributed by atoms with Gasteiger partial charge in [-0.1, -0.05) is 56.2 Å². The van der Waals surface area contributed by atoms with E-state index in [1.165, 1.54) is 24.8 Å². The van der Waals surface area contributed by atoms with Gasteiger partial charge in [-0.15, -0.1) is 0 Å². The van der Waals surface area contributed by atoms with Crippen LogP contribution >= 0.6 is 0 Å². The summed E-state index contributed by atoms with van der Waals surface area (Å²) in [5.74, 6) is 1.68. The van der Waals surface area contributed by atoms with Gasteiger partial charge >= 0.3 is 0 Å². The zero-order valence-electron chi connectivity index (χ0n) is 17.3. The van der Waals surface area contributed by atoms with Crippen LogP contribution in [0.2, 0.25) is 0 Å². The number of nitrogens with zero attached hydrogens (tertiary/aromatic N) is 1. The first-order valence-corrected chi connectivity index (χ1v) is 10.7. The Morgan fingerprint density at radius 1 is 0.964 bits per heavy atom. The predicted octanol–water partition coefficient (Wildman–Crippen LogP) is 4.80. The smallest absolute Gasteiger partial charge is 0.161 e. The zero-order chi connectivity index (χ0) is 19.6. The average molecular weight is 383 g/mol. The van der Waals surface area contributed by atoms with E-state index in [0.29, 0.717) is 19.3 Å². The molecule has 152 valence electrons. The van der Waals surface area contributed by atoms with E-state index in [-0.39, 0.29) is 0 Å². The molecule has 2 aromatic rings. The van der Waals surface area contributed by atoms with E-state index in [1.807, 2.05) is 25.1 Å². The van der Waals surface area contributed by atoms with Crippen LogP contribution in [0.25, 0.3) is 0 Å². The summed E-state index contributed by atoms with van der Waals surface area (Å²) in [7, 11) is 0. The van der Waals surface area contributed by atoms with Gasteiger partial charge < -0.3 is 14.8 Å². The van der Waals surface area contributed by atoms with Crippen molar-refractivity contribution in [3.8, 4) is 11.5 Å². The summed E-state index contributed by atoms with van der Waals surface area (Å²) < 4.78 is 12.0. The lowest BCUT2D eigenvalue weighted by atomic mass is 9.98. The maximum Gasteiger partial charge on any atom is 0.161 e. The maximum atomic E-state index is 6.09. The van der Waals surface area contributed by atoms with Crippen LogP contribution in [0.15, 0.2) is 48.5 Å². The van der Waals surface area contributed by atoms with Gasteiger partial charge in [0.2, 0.25) is 0 Å². The minimum Gasteiger partial charge on any atom is -0.490 e. The van der Waals surface area contributed by atoms with Crippen LogP contribution in [0.5, 0.6) is 11.5 Å². The van der Waals surface area contributed by atoms with E-state index in [1.54, 1.807) is 0 Å². The van der Waals surface area contributed by atoms with E-state index in [2.05, 4.69) is 47.5 Å². The number of ether oxygens (including phenoxy) is 2. The molecule has 2 aromatic carbocycles. The molecular weight excluding hydrogens is 348 g/mol. The first-order chi connectivity index (χ1) is 13.8. The van der Waals surface area contributed by atoms with Gasteiger partial charge in [-0.3, -0.25) is 4.90 Å². The van der Waals surface area contributed by atoms with Crippen molar-refractivity contribution >= 4 is 0 Å². The van der Waals surface area contributed by atoms with Crippen LogP contribution < -0.4 is 14.8 Å². The van der Waals surface area contributed by atoms with Crippen LogP contribution in [0, 0.1) is 0 Å². The highest BCUT2D eigenvalue weighted by atomic mass is 16.5. The van der Waals surface area contributed by atoms with Gasteiger partial charge in [0, 0.05) is 32.2 Å². The quantitative estimate of drug-likeness (QED) is 0.640. The first kappa shape index (κ1) is 20.7. The Morgan fingerprint density at radius 3 is 2.46 bits per heavy atom. The SMILES string of the molecule is CCCC[C@@H](c1ccc(OCc2ccccc2)c(OCC)c1)N1CCNCC1. The molecule has 0 unspecified atom stereocenters. The molecule has 1 heterocycles. The molecule has 0 radical (unpaired) electrons. The summed E-state index contributed by atoms with van der Waals surface area (Å²) in [6.45, 7) is 9.82. The molecule has 1 aliphatic rings. The van der Waals surface area contributed by atoms with Gasteiger partial charge in [0.25, 0.3) is 0 Å². The minimum absolute atomic E-state index is 0.449. The second-order valence-corrected chi connectivity index (χ2v) is 7.36. The molecule has 0 amide bonds. The molecule has 1 atom stereocenters. The third kappa shape index (κ3) is 5.73. The van der Waals surface area contributed by atoms with Crippen LogP contribution in [0.4, 0.5) is 0 Å². The van der Waals surface area contributed by atoms with Crippen molar-refractivity contribution in [2.24, 2.45) is 0 Å². The largest absolute Gasteiger partial charge is 0.490 e. The van der Waals surface area contributed by atoms with Crippen LogP contribution in [0.1, 0.15) is 50.3 Å². The molecule has 0 saturated carbocycles. The highest BCUT2D eigenvalue weighted by Gasteiger charge is 2.23. The van der Waals surface area contributed by atoms with Gasteiger partial charge in [0.1, 0.15) is 6.61 Å². The fourth-order valence-electron chi connectivity index (χ4n) is 3.81. The Labute approximate surface area is 169 Å². The van der Waals surface area contributed by atoms with Crippen molar-refractivity contribution in [3.05, 3.63) is 59.7 Å². The second-order valence-electron chi connectivity index (χ2n) is 7.36. The van der Waals surface area contributed by atoms with E-state index in [4.69, 9.17) is 9.47 Å². The number of hydrogen-bond donors (Lipinski definition) is 1. The Hall–Kier alpha value is -2.04. The lowest BCUT2D eigenvalue weighted by Crippen LogP contribution is -2.45. The molecule has 1 fully saturated rings. The third-order valence-corrected chi connectivity index (χ3v) is 5.31. The first-order valence-electron chi connectivity index (χ1n) is 10.7. The topological polar surface area (TPSA) is 33.7 Å². The Bertz CT molecular complexity index is 699. The number of unbranched alkanes of at least 4 members (excludes halogenated alkanes) is 1. The summed E-state index contributed by atoms with van der Waals surface area (Å²) >= 11 is 0. The minimum atomic E-state index is 0.449. The summed E-state index contributed by atoms with van der Waals surface area (Å²) in [5, 5.41) is 3.46. The molecule has 3 rings (SSSR count). The van der Waals surface area contributed by atoms with Gasteiger partial charge in [-0.25, -0.2) is 0 Å². The van der Waals surface area contributed by atoms with E-state index < -0.39 is 0 Å². The number of hydrogen-bond acceptors (Lipinski definition) is 4. The number of rotatable bonds is 10. The molecule has 0 spiro atoms. The highest BCUT2D eigenvalue weighted by molar-refractivity contribution is 5.44. The van der Waals surface area contributed by atoms with Crippen molar-refractivity contribution in [1.29, 1.82) is 0 Å². The average Bonchev–Trinajstić information content (AvgIpc) is 2.75. The van der Waals surface area contributed by atoms with Gasteiger partial charge in [0.15, 0.2) is 11.5 Å². The summed E-state index contributed by atoms with van der Waals surface area (Å²) in [6.07, 6.45) is 3.65. The number of piperazine rings is 1. The molecule has 4 nitrogen and oxygen atoms in total. The Morgan fingerprint density at radius 2 is 1.75 bits per heavy atom. The zero-order valence-corrected chi connectivity index (χ0v) is 17.3. The summed E-state index contributed by atoms with van der Waals surface area (Å²) in [5.41, 5.74) is 2.50. The van der Waals surface area contributed by atoms with Crippen molar-refractivity contribution < 1.29 is 9.47 Å². The summed E-state index contributed by atoms with van der Waals surface area (Å²) in [4.78, 5) is 2.61. The monoisotopic (exact) mass is 382 g/mol. The fourth-order valence-corrected chi connectivity index (χ4v) is 3.81. The Balaban J connectivity index is 1.78. The van der Waals surface area contributed by atoms with Crippen LogP contribution in [-0.4, -0.2) is 37.7 Å². The molecule has 4 heteroatoms. The van der Waals surface area contributed by atoms with E-state index in [0.717, 1.165) is 43.2 Å². The van der Waals surface area contributed by atoms with Crippen LogP contribution in [0.3, 0.4) is 0 Å². The van der Waals surface area contributed by atoms with E-state index in [9.17, 15) is 0 Å². The van der Waals surface area contributed by atoms with E-state index >= 15 is 0 Å². The van der Waals surface area contributed by atoms with Gasteiger partial charge in [-0.2, -0.15) is 0 Å². The van der Waals surface area contributed by atoms with Crippen molar-refractivity contribution in [2.45, 2.75) is 45.8 Å². The maximum absolute atomic E-state index is 6.09. The van der Waals surface area contributed by atoms with Crippen molar-refractivity contribution in [2.75, 3.05) is 32.8 Å². The molecule has 1 aliphatic heterocycles. The molecule has 1 saturated heterocycles. The molecular formula is C24H34N2O2. The van der Waals surface area contributed by atoms with Crippen LogP contribution in [-0.2, 0) is 6.61 Å². The number of nitrogens with one attached hydrogen (secondary N) is 1. The normalized spacial score (nSPS) is 15.9. The fraction of sp³-hybridized carbons (Fsp3) is 0.500. The third-order valence-electron chi connectivity index (χ3n) is 5.31. The number of benzene rings is 2. The highest BCUT2D eigenvalue weighted by Crippen LogP contribution is 2.35. The standard InChI is InChI=1S/C24H34N2O2/c1-3-5-11-22(26-16-14-25-15-17-26)21-12-13-23(24(18-21)27-4-2)28-19-20-9-7-6-8-10-20/h6-10,12-13,18,22,25H,3-5,11,14-17,19H2,1-2H3/t22-/m0/s1. The van der Waals surface area contributed by atoms with Gasteiger partial charge in [0.05, 0.1) is 6.61 Å².